The first kappa shape index (κ1) is 14.6. The van der Waals surface area contributed by atoms with Gasteiger partial charge in [-0.3, -0.25) is 0 Å². The molecule has 1 unspecified atom stereocenters. The lowest BCUT2D eigenvalue weighted by atomic mass is 10.0. The summed E-state index contributed by atoms with van der Waals surface area (Å²) in [6.45, 7) is 3.11. The van der Waals surface area contributed by atoms with Crippen molar-refractivity contribution in [3.05, 3.63) is 54.1 Å². The fourth-order valence-electron chi connectivity index (χ4n) is 2.03. The second-order valence-corrected chi connectivity index (χ2v) is 4.75. The monoisotopic (exact) mass is 271 g/mol. The van der Waals surface area contributed by atoms with Crippen molar-refractivity contribution in [1.29, 1.82) is 0 Å². The summed E-state index contributed by atoms with van der Waals surface area (Å²) < 4.78 is 10.8. The highest BCUT2D eigenvalue weighted by Gasteiger charge is 2.06. The molecule has 0 bridgehead atoms. The average Bonchev–Trinajstić information content (AvgIpc) is 2.48. The van der Waals surface area contributed by atoms with Crippen LogP contribution in [-0.2, 0) is 4.74 Å². The largest absolute Gasteiger partial charge is 0.491 e. The molecule has 3 heteroatoms. The van der Waals surface area contributed by atoms with Crippen LogP contribution >= 0.6 is 0 Å². The minimum Gasteiger partial charge on any atom is -0.491 e. The second kappa shape index (κ2) is 7.08. The van der Waals surface area contributed by atoms with E-state index in [9.17, 15) is 0 Å². The Balaban J connectivity index is 2.23. The van der Waals surface area contributed by atoms with Gasteiger partial charge in [0.05, 0.1) is 6.61 Å². The van der Waals surface area contributed by atoms with Gasteiger partial charge < -0.3 is 15.2 Å². The quantitative estimate of drug-likeness (QED) is 0.819. The van der Waals surface area contributed by atoms with Gasteiger partial charge in [0, 0.05) is 18.7 Å². The van der Waals surface area contributed by atoms with E-state index in [1.807, 2.05) is 25.1 Å². The van der Waals surface area contributed by atoms with Crippen LogP contribution in [0.2, 0.25) is 0 Å². The van der Waals surface area contributed by atoms with Crippen molar-refractivity contribution >= 4 is 0 Å². The van der Waals surface area contributed by atoms with Gasteiger partial charge >= 0.3 is 0 Å². The zero-order chi connectivity index (χ0) is 14.4. The van der Waals surface area contributed by atoms with Crippen molar-refractivity contribution in [1.82, 2.24) is 0 Å². The molecule has 2 rings (SSSR count). The maximum absolute atomic E-state index is 5.87. The van der Waals surface area contributed by atoms with Crippen molar-refractivity contribution in [2.75, 3.05) is 20.3 Å². The zero-order valence-electron chi connectivity index (χ0n) is 12.0. The summed E-state index contributed by atoms with van der Waals surface area (Å²) >= 11 is 0. The Morgan fingerprint density at radius 1 is 1.00 bits per heavy atom. The molecule has 1 atom stereocenters. The van der Waals surface area contributed by atoms with Crippen LogP contribution in [0.5, 0.6) is 5.75 Å². The molecule has 2 aromatic rings. The number of ether oxygens (including phenoxy) is 2. The number of benzene rings is 2. The molecule has 0 radical (unpaired) electrons. The first-order valence-electron chi connectivity index (χ1n) is 6.79. The molecule has 0 amide bonds. The van der Waals surface area contributed by atoms with E-state index in [0.717, 1.165) is 22.4 Å². The van der Waals surface area contributed by atoms with Crippen molar-refractivity contribution in [3.63, 3.8) is 0 Å². The minimum absolute atomic E-state index is 0.0530. The van der Waals surface area contributed by atoms with Gasteiger partial charge in [-0.25, -0.2) is 0 Å². The first-order valence-corrected chi connectivity index (χ1v) is 6.79. The third kappa shape index (κ3) is 3.59. The highest BCUT2D eigenvalue weighted by atomic mass is 16.5. The Labute approximate surface area is 120 Å². The topological polar surface area (TPSA) is 44.5 Å². The standard InChI is InChI=1S/C17H21NO2/c1-13(18)14-7-9-15(10-8-14)16-5-3-4-6-17(16)20-12-11-19-2/h3-10,13H,11-12,18H2,1-2H3. The molecule has 0 saturated heterocycles. The molecular weight excluding hydrogens is 250 g/mol. The number of para-hydroxylation sites is 1. The normalized spacial score (nSPS) is 12.2. The Morgan fingerprint density at radius 3 is 2.35 bits per heavy atom. The third-order valence-corrected chi connectivity index (χ3v) is 3.18. The molecule has 20 heavy (non-hydrogen) atoms. The minimum atomic E-state index is 0.0530. The summed E-state index contributed by atoms with van der Waals surface area (Å²) in [6, 6.07) is 16.4. The SMILES string of the molecule is COCCOc1ccccc1-c1ccc(C(C)N)cc1. The number of hydrogen-bond acceptors (Lipinski definition) is 3. The van der Waals surface area contributed by atoms with Crippen molar-refractivity contribution < 1.29 is 9.47 Å². The van der Waals surface area contributed by atoms with E-state index in [2.05, 4.69) is 30.3 Å². The predicted octanol–water partition coefficient (Wildman–Crippen LogP) is 3.40. The lowest BCUT2D eigenvalue weighted by Crippen LogP contribution is -2.05. The molecule has 0 aromatic heterocycles. The molecule has 3 nitrogen and oxygen atoms in total. The Kier molecular flexibility index (Phi) is 5.16. The summed E-state index contributed by atoms with van der Waals surface area (Å²) in [5.41, 5.74) is 9.22. The smallest absolute Gasteiger partial charge is 0.127 e. The van der Waals surface area contributed by atoms with E-state index >= 15 is 0 Å². The second-order valence-electron chi connectivity index (χ2n) is 4.75. The summed E-state index contributed by atoms with van der Waals surface area (Å²) in [7, 11) is 1.67. The molecule has 0 aliphatic carbocycles. The fourth-order valence-corrected chi connectivity index (χ4v) is 2.03. The van der Waals surface area contributed by atoms with E-state index < -0.39 is 0 Å². The van der Waals surface area contributed by atoms with Crippen LogP contribution in [0.3, 0.4) is 0 Å². The van der Waals surface area contributed by atoms with Crippen LogP contribution < -0.4 is 10.5 Å². The van der Waals surface area contributed by atoms with Gasteiger partial charge in [-0.1, -0.05) is 42.5 Å². The molecule has 0 fully saturated rings. The van der Waals surface area contributed by atoms with Gasteiger partial charge in [0.1, 0.15) is 12.4 Å². The van der Waals surface area contributed by atoms with Crippen LogP contribution in [-0.4, -0.2) is 20.3 Å². The highest BCUT2D eigenvalue weighted by molar-refractivity contribution is 5.70. The molecule has 2 aromatic carbocycles. The van der Waals surface area contributed by atoms with Crippen LogP contribution in [0.25, 0.3) is 11.1 Å². The zero-order valence-corrected chi connectivity index (χ0v) is 12.0. The Morgan fingerprint density at radius 2 is 1.70 bits per heavy atom. The van der Waals surface area contributed by atoms with E-state index in [1.54, 1.807) is 7.11 Å². The van der Waals surface area contributed by atoms with Gasteiger partial charge in [0.25, 0.3) is 0 Å². The molecule has 0 heterocycles. The molecule has 0 aliphatic heterocycles. The summed E-state index contributed by atoms with van der Waals surface area (Å²) in [5, 5.41) is 0. The van der Waals surface area contributed by atoms with E-state index in [1.165, 1.54) is 0 Å². The van der Waals surface area contributed by atoms with Gasteiger partial charge in [-0.2, -0.15) is 0 Å². The summed E-state index contributed by atoms with van der Waals surface area (Å²) in [4.78, 5) is 0. The number of hydrogen-bond donors (Lipinski definition) is 1. The maximum Gasteiger partial charge on any atom is 0.127 e. The Bertz CT molecular complexity index is 535. The summed E-state index contributed by atoms with van der Waals surface area (Å²) in [6.07, 6.45) is 0. The van der Waals surface area contributed by atoms with Crippen LogP contribution in [0, 0.1) is 0 Å². The number of nitrogens with two attached hydrogens (primary N) is 1. The number of methoxy groups -OCH3 is 1. The summed E-state index contributed by atoms with van der Waals surface area (Å²) in [5.74, 6) is 0.873. The first-order chi connectivity index (χ1) is 9.72. The van der Waals surface area contributed by atoms with Crippen molar-refractivity contribution in [2.24, 2.45) is 5.73 Å². The van der Waals surface area contributed by atoms with Gasteiger partial charge in [0.2, 0.25) is 0 Å². The number of rotatable bonds is 6. The van der Waals surface area contributed by atoms with Crippen molar-refractivity contribution in [2.45, 2.75) is 13.0 Å². The molecule has 0 spiro atoms. The molecular formula is C17H21NO2. The van der Waals surface area contributed by atoms with E-state index in [4.69, 9.17) is 15.2 Å². The van der Waals surface area contributed by atoms with Gasteiger partial charge in [-0.15, -0.1) is 0 Å². The lowest BCUT2D eigenvalue weighted by Gasteiger charge is -2.12. The predicted molar refractivity (Wildman–Crippen MR) is 81.9 cm³/mol. The fraction of sp³-hybridized carbons (Fsp3) is 0.294. The lowest BCUT2D eigenvalue weighted by molar-refractivity contribution is 0.146. The third-order valence-electron chi connectivity index (χ3n) is 3.18. The maximum atomic E-state index is 5.87. The highest BCUT2D eigenvalue weighted by Crippen LogP contribution is 2.30. The molecule has 2 N–H and O–H groups in total. The van der Waals surface area contributed by atoms with Crippen molar-refractivity contribution in [3.8, 4) is 16.9 Å². The van der Waals surface area contributed by atoms with Crippen LogP contribution in [0.15, 0.2) is 48.5 Å². The van der Waals surface area contributed by atoms with E-state index in [-0.39, 0.29) is 6.04 Å². The van der Waals surface area contributed by atoms with Gasteiger partial charge in [0.15, 0.2) is 0 Å². The van der Waals surface area contributed by atoms with E-state index in [0.29, 0.717) is 13.2 Å². The average molecular weight is 271 g/mol. The van der Waals surface area contributed by atoms with Crippen LogP contribution in [0.4, 0.5) is 0 Å². The molecule has 0 aliphatic rings. The molecule has 106 valence electrons. The molecule has 0 saturated carbocycles. The Hall–Kier alpha value is -1.84. The van der Waals surface area contributed by atoms with Gasteiger partial charge in [-0.05, 0) is 24.1 Å². The van der Waals surface area contributed by atoms with Crippen LogP contribution in [0.1, 0.15) is 18.5 Å².